The van der Waals surface area contributed by atoms with Gasteiger partial charge in [0, 0.05) is 49.3 Å². The maximum absolute atomic E-state index is 14.6. The second kappa shape index (κ2) is 25.0. The van der Waals surface area contributed by atoms with Gasteiger partial charge in [0.2, 0.25) is 53.2 Å². The van der Waals surface area contributed by atoms with Crippen LogP contribution < -0.4 is 60.2 Å². The number of nitrogens with two attached hydrogens (primary N) is 4. The molecule has 1 saturated heterocycles. The fourth-order valence-electron chi connectivity index (χ4n) is 7.62. The van der Waals surface area contributed by atoms with Crippen LogP contribution in [0.4, 0.5) is 0 Å². The number of aromatic nitrogens is 1. The second-order valence-electron chi connectivity index (χ2n) is 16.7. The number of H-pyrrole nitrogens is 1. The van der Waals surface area contributed by atoms with Crippen LogP contribution in [0.25, 0.3) is 10.9 Å². The summed E-state index contributed by atoms with van der Waals surface area (Å²) in [6, 6.07) is 14.4. The first-order valence-electron chi connectivity index (χ1n) is 22.3. The summed E-state index contributed by atoms with van der Waals surface area (Å²) in [5.41, 5.74) is 24.8. The maximum Gasteiger partial charge on any atom is 0.243 e. The van der Waals surface area contributed by atoms with E-state index < -0.39 is 108 Å². The summed E-state index contributed by atoms with van der Waals surface area (Å²) in [5, 5.41) is 18.9. The Morgan fingerprint density at radius 1 is 0.580 bits per heavy atom. The Labute approximate surface area is 397 Å². The average molecular weight is 950 g/mol. The molecule has 0 unspecified atom stereocenters. The number of fused-ring (bicyclic) bond motifs is 1. The van der Waals surface area contributed by atoms with Crippen molar-refractivity contribution in [3.63, 3.8) is 0 Å². The molecule has 5 rings (SSSR count). The second-order valence-corrected chi connectivity index (χ2v) is 16.7. The highest BCUT2D eigenvalue weighted by atomic mass is 16.2. The molecule has 9 amide bonds. The van der Waals surface area contributed by atoms with Crippen LogP contribution in [0.5, 0.6) is 0 Å². The van der Waals surface area contributed by atoms with Crippen molar-refractivity contribution < 1.29 is 43.2 Å². The van der Waals surface area contributed by atoms with Crippen molar-refractivity contribution in [2.75, 3.05) is 6.54 Å². The van der Waals surface area contributed by atoms with Crippen LogP contribution >= 0.6 is 0 Å². The van der Waals surface area contributed by atoms with Gasteiger partial charge in [-0.2, -0.15) is 0 Å². The minimum atomic E-state index is -1.66. The molecule has 69 heavy (non-hydrogen) atoms. The first-order chi connectivity index (χ1) is 33.0. The van der Waals surface area contributed by atoms with E-state index in [1.165, 1.54) is 6.92 Å². The SMILES string of the molecule is C[C@@H]1NC(=O)[C@H](CC(N)=O)NC(=O)[C@H](Cc2ccccc2)NC(=O)[C@H](Cc2c[nH]c3ccccc23)NC(=O)[C@H](CCCN=C(N)N)NC(=O)CC[C@@H](C(N)=O)NC(=O)[C@H](Cc2ccccc2)NC1=O. The molecule has 1 aliphatic rings. The van der Waals surface area contributed by atoms with E-state index in [1.807, 2.05) is 18.2 Å². The van der Waals surface area contributed by atoms with Crippen LogP contribution in [0.3, 0.4) is 0 Å². The van der Waals surface area contributed by atoms with Crippen LogP contribution in [0.15, 0.2) is 96.1 Å². The van der Waals surface area contributed by atoms with Crippen molar-refractivity contribution in [1.29, 1.82) is 0 Å². The number of para-hydroxylation sites is 1. The van der Waals surface area contributed by atoms with Crippen molar-refractivity contribution in [3.8, 4) is 0 Å². The van der Waals surface area contributed by atoms with Crippen LogP contribution in [0.1, 0.15) is 55.7 Å². The minimum absolute atomic E-state index is 0.0343. The van der Waals surface area contributed by atoms with E-state index in [-0.39, 0.29) is 51.0 Å². The zero-order chi connectivity index (χ0) is 50.0. The number of guanidine groups is 1. The molecule has 2 heterocycles. The smallest absolute Gasteiger partial charge is 0.243 e. The van der Waals surface area contributed by atoms with Crippen molar-refractivity contribution in [3.05, 3.63) is 108 Å². The van der Waals surface area contributed by atoms with Crippen LogP contribution in [-0.2, 0) is 62.4 Å². The molecule has 1 fully saturated rings. The molecule has 0 saturated carbocycles. The first kappa shape index (κ1) is 51.7. The lowest BCUT2D eigenvalue weighted by Crippen LogP contribution is -2.60. The number of carbonyl (C=O) groups excluding carboxylic acids is 9. The molecule has 0 spiro atoms. The highest BCUT2D eigenvalue weighted by Gasteiger charge is 2.35. The lowest BCUT2D eigenvalue weighted by atomic mass is 10.0. The van der Waals surface area contributed by atoms with Crippen molar-refractivity contribution in [1.82, 2.24) is 42.2 Å². The predicted molar refractivity (Wildman–Crippen MR) is 254 cm³/mol. The number of rotatable bonds is 13. The first-order valence-corrected chi connectivity index (χ1v) is 22.3. The number of hydrogen-bond donors (Lipinski definition) is 12. The van der Waals surface area contributed by atoms with E-state index in [2.05, 4.69) is 47.2 Å². The molecule has 0 aliphatic carbocycles. The topological polar surface area (TPSA) is 370 Å². The van der Waals surface area contributed by atoms with E-state index in [0.717, 1.165) is 10.9 Å². The van der Waals surface area contributed by atoms with Gasteiger partial charge in [-0.05, 0) is 48.9 Å². The van der Waals surface area contributed by atoms with Gasteiger partial charge < -0.3 is 65.1 Å². The Hall–Kier alpha value is -8.30. The number of nitrogens with one attached hydrogen (secondary N) is 8. The summed E-state index contributed by atoms with van der Waals surface area (Å²) in [5.74, 6) is -8.20. The zero-order valence-electron chi connectivity index (χ0n) is 38.0. The van der Waals surface area contributed by atoms with E-state index >= 15 is 0 Å². The highest BCUT2D eigenvalue weighted by molar-refractivity contribution is 5.99. The molecule has 16 N–H and O–H groups in total. The van der Waals surface area contributed by atoms with Gasteiger partial charge in [0.25, 0.3) is 0 Å². The summed E-state index contributed by atoms with van der Waals surface area (Å²) in [4.78, 5) is 131. The largest absolute Gasteiger partial charge is 0.370 e. The van der Waals surface area contributed by atoms with Gasteiger partial charge in [-0.15, -0.1) is 0 Å². The summed E-state index contributed by atoms with van der Waals surface area (Å²) < 4.78 is 0. The fraction of sp³-hybridized carbons (Fsp3) is 0.362. The molecule has 4 aromatic rings. The Morgan fingerprint density at radius 2 is 1.09 bits per heavy atom. The summed E-state index contributed by atoms with van der Waals surface area (Å²) in [6.07, 6.45) is 0.0123. The number of hydrogen-bond acceptors (Lipinski definition) is 10. The number of primary amides is 2. The maximum atomic E-state index is 14.6. The zero-order valence-corrected chi connectivity index (χ0v) is 38.0. The number of aromatic amines is 1. The molecule has 3 aromatic carbocycles. The molecule has 22 nitrogen and oxygen atoms in total. The summed E-state index contributed by atoms with van der Waals surface area (Å²) in [7, 11) is 0. The van der Waals surface area contributed by atoms with Crippen molar-refractivity contribution >= 4 is 70.0 Å². The molecular formula is C47H59N13O9. The number of aliphatic imine (C=N–C) groups is 1. The standard InChI is InChI=1S/C47H59N13O9/c1-26-41(64)57-34(21-27-11-4-2-5-12-27)44(67)56-32(40(49)63)18-19-39(62)55-33(17-10-20-52-47(50)51)42(65)59-36(23-29-25-53-31-16-9-8-15-30(29)31)46(69)58-35(22-28-13-6-3-7-14-28)45(68)60-37(24-38(48)61)43(66)54-26/h2-9,11-16,25-26,32-37,53H,10,17-24H2,1H3,(H2,48,61)(H2,49,63)(H,54,66)(H,55,62)(H,56,67)(H,57,64)(H,58,69)(H,59,65)(H,60,68)(H4,50,51,52)/t26-,32-,33-,34-,35-,36-,37-/m0/s1. The Kier molecular flexibility index (Phi) is 18.7. The van der Waals surface area contributed by atoms with Gasteiger partial charge in [-0.1, -0.05) is 78.9 Å². The molecule has 22 heteroatoms. The lowest BCUT2D eigenvalue weighted by Gasteiger charge is -2.27. The molecule has 7 atom stereocenters. The molecule has 366 valence electrons. The van der Waals surface area contributed by atoms with Crippen LogP contribution in [-0.4, -0.2) is 113 Å². The monoisotopic (exact) mass is 949 g/mol. The Bertz CT molecular complexity index is 2510. The van der Waals surface area contributed by atoms with Gasteiger partial charge in [-0.3, -0.25) is 48.1 Å². The number of carbonyl (C=O) groups is 9. The summed E-state index contributed by atoms with van der Waals surface area (Å²) >= 11 is 0. The number of amides is 9. The summed E-state index contributed by atoms with van der Waals surface area (Å²) in [6.45, 7) is 1.37. The quantitative estimate of drug-likeness (QED) is 0.0388. The third kappa shape index (κ3) is 15.9. The van der Waals surface area contributed by atoms with Gasteiger partial charge in [0.05, 0.1) is 6.42 Å². The van der Waals surface area contributed by atoms with Gasteiger partial charge in [0.15, 0.2) is 5.96 Å². The van der Waals surface area contributed by atoms with E-state index in [1.54, 1.807) is 72.9 Å². The molecule has 0 bridgehead atoms. The molecule has 1 aliphatic heterocycles. The lowest BCUT2D eigenvalue weighted by molar-refractivity contribution is -0.136. The number of nitrogens with zero attached hydrogens (tertiary/aromatic N) is 1. The molecule has 1 aromatic heterocycles. The third-order valence-electron chi connectivity index (χ3n) is 11.3. The third-order valence-corrected chi connectivity index (χ3v) is 11.3. The fourth-order valence-corrected chi connectivity index (χ4v) is 7.62. The molecule has 0 radical (unpaired) electrons. The van der Waals surface area contributed by atoms with Gasteiger partial charge in [0.1, 0.15) is 42.3 Å². The Morgan fingerprint density at radius 3 is 1.67 bits per heavy atom. The van der Waals surface area contributed by atoms with E-state index in [0.29, 0.717) is 16.7 Å². The van der Waals surface area contributed by atoms with Crippen LogP contribution in [0.2, 0.25) is 0 Å². The van der Waals surface area contributed by atoms with E-state index in [9.17, 15) is 43.2 Å². The van der Waals surface area contributed by atoms with Gasteiger partial charge in [-0.25, -0.2) is 0 Å². The Balaban J connectivity index is 1.55. The number of benzene rings is 3. The van der Waals surface area contributed by atoms with Crippen molar-refractivity contribution in [2.45, 2.75) is 101 Å². The molecular weight excluding hydrogens is 891 g/mol. The van der Waals surface area contributed by atoms with Crippen LogP contribution in [0, 0.1) is 0 Å². The average Bonchev–Trinajstić information content (AvgIpc) is 3.72. The van der Waals surface area contributed by atoms with Crippen molar-refractivity contribution in [2.24, 2.45) is 27.9 Å². The van der Waals surface area contributed by atoms with E-state index in [4.69, 9.17) is 22.9 Å². The normalized spacial score (nSPS) is 22.6. The van der Waals surface area contributed by atoms with Gasteiger partial charge >= 0.3 is 0 Å². The minimum Gasteiger partial charge on any atom is -0.370 e. The predicted octanol–water partition coefficient (Wildman–Crippen LogP) is -2.18. The highest BCUT2D eigenvalue weighted by Crippen LogP contribution is 2.20.